The van der Waals surface area contributed by atoms with E-state index < -0.39 is 0 Å². The van der Waals surface area contributed by atoms with Crippen molar-refractivity contribution in [3.05, 3.63) is 20.8 Å². The number of rotatable bonds is 4. The van der Waals surface area contributed by atoms with Gasteiger partial charge in [0.25, 0.3) is 5.91 Å². The third-order valence-corrected chi connectivity index (χ3v) is 4.57. The molecule has 1 amide bonds. The number of thiophene rings is 1. The summed E-state index contributed by atoms with van der Waals surface area (Å²) < 4.78 is 1.93. The normalized spacial score (nSPS) is 12.9. The Balaban J connectivity index is 2.62. The van der Waals surface area contributed by atoms with E-state index in [1.165, 1.54) is 11.3 Å². The number of nitrogens with one attached hydrogen (secondary N) is 1. The van der Waals surface area contributed by atoms with Gasteiger partial charge in [-0.05, 0) is 27.9 Å². The Hall–Kier alpha value is 0.380. The average Bonchev–Trinajstić information content (AvgIpc) is 2.60. The number of hydrogen-bond acceptors (Lipinski definition) is 2. The van der Waals surface area contributed by atoms with Gasteiger partial charge in [0, 0.05) is 15.8 Å². The van der Waals surface area contributed by atoms with Crippen LogP contribution in [0.15, 0.2) is 15.2 Å². The van der Waals surface area contributed by atoms with E-state index in [0.717, 1.165) is 13.8 Å². The number of amides is 1. The number of carbonyl (C=O) groups excluding carboxylic acids is 1. The number of halogens is 2. The standard InChI is InChI=1S/C10H13BrINOS/c1-6(2)8(4-12)13-10(14)7-3-9(11)15-5-7/h3,5-6,8H,4H2,1-2H3,(H,13,14). The lowest BCUT2D eigenvalue weighted by atomic mass is 10.1. The lowest BCUT2D eigenvalue weighted by Gasteiger charge is -2.19. The molecule has 1 aromatic heterocycles. The smallest absolute Gasteiger partial charge is 0.252 e. The number of alkyl halides is 1. The summed E-state index contributed by atoms with van der Waals surface area (Å²) >= 11 is 7.18. The van der Waals surface area contributed by atoms with Gasteiger partial charge in [-0.25, -0.2) is 0 Å². The molecule has 0 aromatic carbocycles. The molecular formula is C10H13BrINOS. The minimum atomic E-state index is 0.0207. The van der Waals surface area contributed by atoms with Crippen molar-refractivity contribution in [2.45, 2.75) is 19.9 Å². The Morgan fingerprint density at radius 2 is 2.33 bits per heavy atom. The van der Waals surface area contributed by atoms with Crippen LogP contribution in [-0.4, -0.2) is 16.4 Å². The number of hydrogen-bond donors (Lipinski definition) is 1. The molecule has 1 aromatic rings. The molecule has 84 valence electrons. The van der Waals surface area contributed by atoms with E-state index in [9.17, 15) is 4.79 Å². The highest BCUT2D eigenvalue weighted by molar-refractivity contribution is 14.1. The van der Waals surface area contributed by atoms with E-state index in [0.29, 0.717) is 5.92 Å². The Labute approximate surface area is 116 Å². The largest absolute Gasteiger partial charge is 0.348 e. The molecule has 0 aliphatic heterocycles. The quantitative estimate of drug-likeness (QED) is 0.604. The van der Waals surface area contributed by atoms with E-state index in [1.807, 2.05) is 11.4 Å². The summed E-state index contributed by atoms with van der Waals surface area (Å²) in [6.07, 6.45) is 0. The molecule has 0 saturated carbocycles. The molecule has 1 heterocycles. The second-order valence-corrected chi connectivity index (χ2v) is 6.79. The average molecular weight is 402 g/mol. The Kier molecular flexibility index (Phi) is 5.56. The van der Waals surface area contributed by atoms with Gasteiger partial charge in [0.15, 0.2) is 0 Å². The lowest BCUT2D eigenvalue weighted by Crippen LogP contribution is -2.39. The van der Waals surface area contributed by atoms with E-state index >= 15 is 0 Å². The van der Waals surface area contributed by atoms with Gasteiger partial charge in [-0.1, -0.05) is 36.4 Å². The number of carbonyl (C=O) groups is 1. The van der Waals surface area contributed by atoms with Crippen LogP contribution >= 0.6 is 49.9 Å². The van der Waals surface area contributed by atoms with Crippen LogP contribution in [0, 0.1) is 5.92 Å². The van der Waals surface area contributed by atoms with Crippen LogP contribution in [0.3, 0.4) is 0 Å². The third-order valence-electron chi connectivity index (χ3n) is 2.12. The minimum Gasteiger partial charge on any atom is -0.348 e. The van der Waals surface area contributed by atoms with Crippen molar-refractivity contribution in [2.75, 3.05) is 4.43 Å². The maximum absolute atomic E-state index is 11.8. The topological polar surface area (TPSA) is 29.1 Å². The first-order chi connectivity index (χ1) is 7.04. The van der Waals surface area contributed by atoms with Crippen molar-refractivity contribution in [1.82, 2.24) is 5.32 Å². The molecule has 0 aliphatic rings. The molecule has 1 unspecified atom stereocenters. The summed E-state index contributed by atoms with van der Waals surface area (Å²) in [6, 6.07) is 2.10. The summed E-state index contributed by atoms with van der Waals surface area (Å²) in [7, 11) is 0. The maximum atomic E-state index is 11.8. The van der Waals surface area contributed by atoms with Crippen molar-refractivity contribution >= 4 is 55.8 Å². The maximum Gasteiger partial charge on any atom is 0.252 e. The molecule has 0 bridgehead atoms. The van der Waals surface area contributed by atoms with Gasteiger partial charge >= 0.3 is 0 Å². The molecule has 0 saturated heterocycles. The first-order valence-electron chi connectivity index (χ1n) is 4.65. The summed E-state index contributed by atoms with van der Waals surface area (Å²) in [5.41, 5.74) is 0.738. The van der Waals surface area contributed by atoms with Gasteiger partial charge in [0.1, 0.15) is 0 Å². The molecule has 1 atom stereocenters. The van der Waals surface area contributed by atoms with E-state index in [1.54, 1.807) is 0 Å². The zero-order chi connectivity index (χ0) is 11.4. The van der Waals surface area contributed by atoms with Crippen LogP contribution in [0.2, 0.25) is 0 Å². The molecule has 0 radical (unpaired) electrons. The predicted molar refractivity (Wildman–Crippen MR) is 77.0 cm³/mol. The highest BCUT2D eigenvalue weighted by atomic mass is 127. The van der Waals surface area contributed by atoms with Crippen LogP contribution in [-0.2, 0) is 0 Å². The first kappa shape index (κ1) is 13.4. The van der Waals surface area contributed by atoms with Crippen LogP contribution < -0.4 is 5.32 Å². The summed E-state index contributed by atoms with van der Waals surface area (Å²) in [6.45, 7) is 4.24. The summed E-state index contributed by atoms with van der Waals surface area (Å²) in [5.74, 6) is 0.486. The van der Waals surface area contributed by atoms with Crippen molar-refractivity contribution in [1.29, 1.82) is 0 Å². The molecule has 2 nitrogen and oxygen atoms in total. The lowest BCUT2D eigenvalue weighted by molar-refractivity contribution is 0.0932. The highest BCUT2D eigenvalue weighted by Gasteiger charge is 2.16. The second-order valence-electron chi connectivity index (χ2n) is 3.62. The summed E-state index contributed by atoms with van der Waals surface area (Å²) in [4.78, 5) is 11.8. The predicted octanol–water partition coefficient (Wildman–Crippen LogP) is 3.70. The van der Waals surface area contributed by atoms with Crippen molar-refractivity contribution in [2.24, 2.45) is 5.92 Å². The van der Waals surface area contributed by atoms with Gasteiger partial charge < -0.3 is 5.32 Å². The second kappa shape index (κ2) is 6.20. The van der Waals surface area contributed by atoms with Crippen molar-refractivity contribution in [3.63, 3.8) is 0 Å². The molecule has 0 aliphatic carbocycles. The zero-order valence-corrected chi connectivity index (χ0v) is 13.1. The fourth-order valence-electron chi connectivity index (χ4n) is 1.06. The Morgan fingerprint density at radius 3 is 2.73 bits per heavy atom. The molecular weight excluding hydrogens is 389 g/mol. The van der Waals surface area contributed by atoms with Crippen LogP contribution in [0.5, 0.6) is 0 Å². The zero-order valence-electron chi connectivity index (χ0n) is 8.59. The van der Waals surface area contributed by atoms with Crippen LogP contribution in [0.25, 0.3) is 0 Å². The van der Waals surface area contributed by atoms with E-state index in [2.05, 4.69) is 57.7 Å². The van der Waals surface area contributed by atoms with Gasteiger partial charge in [-0.15, -0.1) is 11.3 Å². The van der Waals surface area contributed by atoms with Crippen LogP contribution in [0.4, 0.5) is 0 Å². The molecule has 1 N–H and O–H groups in total. The summed E-state index contributed by atoms with van der Waals surface area (Å²) in [5, 5.41) is 4.90. The molecule has 0 fully saturated rings. The van der Waals surface area contributed by atoms with Crippen LogP contribution in [0.1, 0.15) is 24.2 Å². The first-order valence-corrected chi connectivity index (χ1v) is 7.85. The molecule has 5 heteroatoms. The van der Waals surface area contributed by atoms with Gasteiger partial charge in [-0.3, -0.25) is 4.79 Å². The molecule has 0 spiro atoms. The van der Waals surface area contributed by atoms with Crippen molar-refractivity contribution in [3.8, 4) is 0 Å². The Morgan fingerprint density at radius 1 is 1.67 bits per heavy atom. The fourth-order valence-corrected chi connectivity index (χ4v) is 3.44. The fraction of sp³-hybridized carbons (Fsp3) is 0.500. The van der Waals surface area contributed by atoms with Gasteiger partial charge in [-0.2, -0.15) is 0 Å². The van der Waals surface area contributed by atoms with E-state index in [-0.39, 0.29) is 11.9 Å². The van der Waals surface area contributed by atoms with Gasteiger partial charge in [0.2, 0.25) is 0 Å². The minimum absolute atomic E-state index is 0.0207. The monoisotopic (exact) mass is 401 g/mol. The highest BCUT2D eigenvalue weighted by Crippen LogP contribution is 2.20. The molecule has 15 heavy (non-hydrogen) atoms. The molecule has 1 rings (SSSR count). The SMILES string of the molecule is CC(C)C(CI)NC(=O)c1csc(Br)c1. The van der Waals surface area contributed by atoms with E-state index in [4.69, 9.17) is 0 Å². The van der Waals surface area contributed by atoms with Gasteiger partial charge in [0.05, 0.1) is 9.35 Å². The Bertz CT molecular complexity index is 340. The third kappa shape index (κ3) is 4.03. The van der Waals surface area contributed by atoms with Crippen molar-refractivity contribution < 1.29 is 4.79 Å².